The van der Waals surface area contributed by atoms with E-state index in [1.54, 1.807) is 27.9 Å². The van der Waals surface area contributed by atoms with Crippen LogP contribution in [0.5, 0.6) is 0 Å². The van der Waals surface area contributed by atoms with Crippen molar-refractivity contribution in [3.8, 4) is 11.3 Å². The van der Waals surface area contributed by atoms with Gasteiger partial charge in [-0.2, -0.15) is 0 Å². The smallest absolute Gasteiger partial charge is 0.341 e. The molecule has 1 aliphatic heterocycles. The number of pyridine rings is 1. The number of aromatic carboxylic acids is 1. The summed E-state index contributed by atoms with van der Waals surface area (Å²) < 4.78 is 1.61. The third-order valence-corrected chi connectivity index (χ3v) is 6.15. The van der Waals surface area contributed by atoms with Crippen LogP contribution in [-0.4, -0.2) is 43.5 Å². The number of nitrogens with one attached hydrogen (secondary N) is 1. The van der Waals surface area contributed by atoms with E-state index >= 15 is 0 Å². The Morgan fingerprint density at radius 1 is 1.21 bits per heavy atom. The molecule has 0 radical (unpaired) electrons. The van der Waals surface area contributed by atoms with E-state index in [2.05, 4.69) is 15.3 Å². The number of hydrogen-bond donors (Lipinski definition) is 2. The molecule has 0 atom stereocenters. The Bertz CT molecular complexity index is 1540. The molecular weight excluding hydrogens is 458 g/mol. The Hall–Kier alpha value is -3.98. The first-order valence-electron chi connectivity index (χ1n) is 10.5. The van der Waals surface area contributed by atoms with E-state index < -0.39 is 11.5 Å². The maximum atomic E-state index is 12.4. The van der Waals surface area contributed by atoms with Gasteiger partial charge in [0, 0.05) is 28.2 Å². The number of fused-ring (bicyclic) bond motifs is 1. The van der Waals surface area contributed by atoms with Crippen LogP contribution in [-0.2, 0) is 11.3 Å². The highest BCUT2D eigenvalue weighted by atomic mass is 35.5. The Kier molecular flexibility index (Phi) is 5.02. The average molecular weight is 478 g/mol. The molecule has 34 heavy (non-hydrogen) atoms. The molecule has 1 amide bonds. The first kappa shape index (κ1) is 21.8. The summed E-state index contributed by atoms with van der Waals surface area (Å²) in [4.78, 5) is 40.3. The largest absolute Gasteiger partial charge is 0.477 e. The fraction of sp³-hybridized carbons (Fsp3) is 0.208. The lowest BCUT2D eigenvalue weighted by atomic mass is 9.82. The van der Waals surface area contributed by atoms with Crippen molar-refractivity contribution in [2.75, 3.05) is 11.4 Å². The van der Waals surface area contributed by atoms with Crippen LogP contribution in [0.3, 0.4) is 0 Å². The van der Waals surface area contributed by atoms with Gasteiger partial charge in [-0.1, -0.05) is 28.9 Å². The van der Waals surface area contributed by atoms with Crippen molar-refractivity contribution in [1.82, 2.24) is 20.0 Å². The zero-order valence-corrected chi connectivity index (χ0v) is 19.1. The molecule has 0 bridgehead atoms. The molecule has 4 aromatic rings. The molecule has 2 N–H and O–H groups in total. The maximum absolute atomic E-state index is 12.4. The van der Waals surface area contributed by atoms with Gasteiger partial charge in [0.05, 0.1) is 23.7 Å². The number of aromatic nitrogens is 4. The minimum atomic E-state index is -1.31. The van der Waals surface area contributed by atoms with Crippen molar-refractivity contribution in [2.45, 2.75) is 20.4 Å². The number of nitrogens with zero attached hydrogens (tertiary/aromatic N) is 4. The predicted octanol–water partition coefficient (Wildman–Crippen LogP) is 3.56. The summed E-state index contributed by atoms with van der Waals surface area (Å²) in [5.41, 5.74) is 2.01. The normalized spacial score (nSPS) is 14.9. The quantitative estimate of drug-likeness (QED) is 0.424. The van der Waals surface area contributed by atoms with Crippen molar-refractivity contribution in [1.29, 1.82) is 0 Å². The van der Waals surface area contributed by atoms with Gasteiger partial charge in [0.2, 0.25) is 5.91 Å². The fourth-order valence-electron chi connectivity index (χ4n) is 4.17. The number of halogens is 1. The second kappa shape index (κ2) is 7.81. The highest BCUT2D eigenvalue weighted by Gasteiger charge is 2.44. The van der Waals surface area contributed by atoms with Crippen LogP contribution in [0.1, 0.15) is 29.8 Å². The Morgan fingerprint density at radius 2 is 2.00 bits per heavy atom. The zero-order chi connectivity index (χ0) is 24.2. The van der Waals surface area contributed by atoms with Crippen LogP contribution in [0.4, 0.5) is 5.69 Å². The van der Waals surface area contributed by atoms with Crippen molar-refractivity contribution in [2.24, 2.45) is 5.41 Å². The molecule has 172 valence electrons. The van der Waals surface area contributed by atoms with E-state index in [0.717, 1.165) is 11.3 Å². The van der Waals surface area contributed by atoms with E-state index in [9.17, 15) is 19.5 Å². The van der Waals surface area contributed by atoms with Gasteiger partial charge in [0.1, 0.15) is 11.3 Å². The summed E-state index contributed by atoms with van der Waals surface area (Å²) in [6.07, 6.45) is 1.76. The number of carbonyl (C=O) groups is 2. The lowest BCUT2D eigenvalue weighted by Crippen LogP contribution is -2.58. The van der Waals surface area contributed by atoms with Gasteiger partial charge in [-0.25, -0.2) is 9.48 Å². The number of carboxylic acids is 1. The van der Waals surface area contributed by atoms with Crippen molar-refractivity contribution in [3.63, 3.8) is 0 Å². The number of carboxylic acid groups (broad SMARTS) is 1. The Morgan fingerprint density at radius 3 is 2.71 bits per heavy atom. The van der Waals surface area contributed by atoms with Gasteiger partial charge in [0.15, 0.2) is 0 Å². The third kappa shape index (κ3) is 3.73. The standard InChI is InChI=1S/C24H20ClN5O4/c1-24(2)12-30(23(24)34)17-5-3-4-13(8-17)19-11-29(28-27-19)10-15-7-16(25)6-14-9-18(22(32)33)21(31)26-20(14)15/h3-9,11H,10,12H2,1-2H3,(H,26,31)(H,32,33). The summed E-state index contributed by atoms with van der Waals surface area (Å²) in [6.45, 7) is 4.77. The SMILES string of the molecule is CC1(C)CN(c2cccc(-c3cn(Cc4cc(Cl)cc5cc(C(=O)O)c(=O)[nH]c45)nn3)c2)C1=O. The topological polar surface area (TPSA) is 121 Å². The number of aromatic amines is 1. The molecule has 9 nitrogen and oxygen atoms in total. The molecule has 5 rings (SSSR count). The van der Waals surface area contributed by atoms with E-state index in [0.29, 0.717) is 33.7 Å². The van der Waals surface area contributed by atoms with Crippen molar-refractivity contribution in [3.05, 3.63) is 75.2 Å². The molecule has 0 aliphatic carbocycles. The number of benzene rings is 2. The molecule has 3 heterocycles. The average Bonchev–Trinajstić information content (AvgIpc) is 3.26. The fourth-order valence-corrected chi connectivity index (χ4v) is 4.42. The molecule has 1 fully saturated rings. The highest BCUT2D eigenvalue weighted by molar-refractivity contribution is 6.31. The minimum absolute atomic E-state index is 0.0844. The van der Waals surface area contributed by atoms with Gasteiger partial charge in [-0.3, -0.25) is 9.59 Å². The summed E-state index contributed by atoms with van der Waals surface area (Å²) in [5, 5.41) is 18.6. The van der Waals surface area contributed by atoms with Gasteiger partial charge < -0.3 is 15.0 Å². The molecule has 0 unspecified atom stereocenters. The number of amides is 1. The number of H-pyrrole nitrogens is 1. The van der Waals surface area contributed by atoms with Gasteiger partial charge in [-0.15, -0.1) is 5.10 Å². The number of carbonyl (C=O) groups excluding carboxylic acids is 1. The summed E-state index contributed by atoms with van der Waals surface area (Å²) in [5.74, 6) is -1.22. The number of hydrogen-bond acceptors (Lipinski definition) is 5. The summed E-state index contributed by atoms with van der Waals surface area (Å²) in [6, 6.07) is 12.2. The molecule has 2 aromatic carbocycles. The highest BCUT2D eigenvalue weighted by Crippen LogP contribution is 2.36. The van der Waals surface area contributed by atoms with E-state index in [4.69, 9.17) is 11.6 Å². The van der Waals surface area contributed by atoms with E-state index in [1.807, 2.05) is 38.1 Å². The Labute approximate surface area is 198 Å². The molecular formula is C24H20ClN5O4. The van der Waals surface area contributed by atoms with E-state index in [1.165, 1.54) is 6.07 Å². The third-order valence-electron chi connectivity index (χ3n) is 5.93. The lowest BCUT2D eigenvalue weighted by Gasteiger charge is -2.44. The van der Waals surface area contributed by atoms with Crippen molar-refractivity contribution < 1.29 is 14.7 Å². The first-order chi connectivity index (χ1) is 16.1. The number of anilines is 1. The lowest BCUT2D eigenvalue weighted by molar-refractivity contribution is -0.132. The van der Waals surface area contributed by atoms with Crippen LogP contribution in [0, 0.1) is 5.41 Å². The second-order valence-corrected chi connectivity index (χ2v) is 9.41. The maximum Gasteiger partial charge on any atom is 0.341 e. The molecule has 1 saturated heterocycles. The zero-order valence-electron chi connectivity index (χ0n) is 18.4. The molecule has 2 aromatic heterocycles. The molecule has 1 aliphatic rings. The van der Waals surface area contributed by atoms with Crippen LogP contribution in [0.2, 0.25) is 5.02 Å². The molecule has 0 spiro atoms. The first-order valence-corrected chi connectivity index (χ1v) is 10.9. The van der Waals surface area contributed by atoms with Gasteiger partial charge >= 0.3 is 5.97 Å². The molecule has 0 saturated carbocycles. The minimum Gasteiger partial charge on any atom is -0.477 e. The second-order valence-electron chi connectivity index (χ2n) is 8.97. The van der Waals surface area contributed by atoms with Gasteiger partial charge in [0.25, 0.3) is 5.56 Å². The predicted molar refractivity (Wildman–Crippen MR) is 127 cm³/mol. The summed E-state index contributed by atoms with van der Waals surface area (Å²) >= 11 is 6.24. The Balaban J connectivity index is 1.45. The number of rotatable bonds is 5. The molecule has 10 heteroatoms. The van der Waals surface area contributed by atoms with Crippen molar-refractivity contribution >= 4 is 40.1 Å². The summed E-state index contributed by atoms with van der Waals surface area (Å²) in [7, 11) is 0. The number of β-lactam (4-membered cyclic amide) rings is 1. The van der Waals surface area contributed by atoms with Crippen LogP contribution in [0.15, 0.2) is 53.5 Å². The van der Waals surface area contributed by atoms with Crippen LogP contribution >= 0.6 is 11.6 Å². The van der Waals surface area contributed by atoms with Crippen LogP contribution < -0.4 is 10.5 Å². The monoisotopic (exact) mass is 477 g/mol. The van der Waals surface area contributed by atoms with Gasteiger partial charge in [-0.05, 0) is 49.7 Å². The van der Waals surface area contributed by atoms with E-state index in [-0.39, 0.29) is 23.4 Å². The van der Waals surface area contributed by atoms with Crippen LogP contribution in [0.25, 0.3) is 22.2 Å².